The third-order valence-corrected chi connectivity index (χ3v) is 2.20. The SMILES string of the molecule is C#CCCCCNC(=O)CCn1cccn1. The number of hydrogen-bond donors (Lipinski definition) is 1. The highest BCUT2D eigenvalue weighted by Crippen LogP contribution is 1.93. The zero-order chi connectivity index (χ0) is 11.6. The number of aromatic nitrogens is 2. The monoisotopic (exact) mass is 219 g/mol. The fourth-order valence-corrected chi connectivity index (χ4v) is 1.32. The minimum absolute atomic E-state index is 0.0659. The molecule has 0 saturated carbocycles. The summed E-state index contributed by atoms with van der Waals surface area (Å²) in [5.41, 5.74) is 0. The maximum Gasteiger partial charge on any atom is 0.221 e. The minimum atomic E-state index is 0.0659. The molecule has 1 N–H and O–H groups in total. The summed E-state index contributed by atoms with van der Waals surface area (Å²) in [7, 11) is 0. The highest BCUT2D eigenvalue weighted by atomic mass is 16.1. The topological polar surface area (TPSA) is 46.9 Å². The highest BCUT2D eigenvalue weighted by molar-refractivity contribution is 5.75. The quantitative estimate of drug-likeness (QED) is 0.553. The Hall–Kier alpha value is -1.76. The largest absolute Gasteiger partial charge is 0.356 e. The fourth-order valence-electron chi connectivity index (χ4n) is 1.32. The van der Waals surface area contributed by atoms with Gasteiger partial charge in [0.1, 0.15) is 0 Å². The van der Waals surface area contributed by atoms with E-state index in [0.717, 1.165) is 19.3 Å². The van der Waals surface area contributed by atoms with Gasteiger partial charge in [-0.2, -0.15) is 5.10 Å². The Labute approximate surface area is 96.0 Å². The number of carbonyl (C=O) groups excluding carboxylic acids is 1. The summed E-state index contributed by atoms with van der Waals surface area (Å²) in [5, 5.41) is 6.88. The van der Waals surface area contributed by atoms with Gasteiger partial charge in [-0.1, -0.05) is 0 Å². The normalized spacial score (nSPS) is 9.69. The first-order chi connectivity index (χ1) is 7.83. The molecule has 1 rings (SSSR count). The minimum Gasteiger partial charge on any atom is -0.356 e. The van der Waals surface area contributed by atoms with Crippen molar-refractivity contribution in [2.24, 2.45) is 0 Å². The molecule has 0 aromatic carbocycles. The first-order valence-corrected chi connectivity index (χ1v) is 5.50. The second-order valence-electron chi connectivity index (χ2n) is 3.53. The number of amides is 1. The molecule has 1 aromatic rings. The average molecular weight is 219 g/mol. The van der Waals surface area contributed by atoms with Gasteiger partial charge in [-0.15, -0.1) is 12.3 Å². The van der Waals surface area contributed by atoms with Crippen molar-refractivity contribution < 1.29 is 4.79 Å². The van der Waals surface area contributed by atoms with Crippen molar-refractivity contribution in [3.63, 3.8) is 0 Å². The third kappa shape index (κ3) is 5.20. The van der Waals surface area contributed by atoms with Crippen LogP contribution >= 0.6 is 0 Å². The zero-order valence-electron chi connectivity index (χ0n) is 9.35. The van der Waals surface area contributed by atoms with Gasteiger partial charge in [-0.25, -0.2) is 0 Å². The Morgan fingerprint density at radius 1 is 1.50 bits per heavy atom. The Bertz CT molecular complexity index is 338. The molecule has 1 amide bonds. The van der Waals surface area contributed by atoms with Crippen molar-refractivity contribution in [2.75, 3.05) is 6.54 Å². The number of carbonyl (C=O) groups is 1. The number of aryl methyl sites for hydroxylation is 1. The van der Waals surface area contributed by atoms with Crippen molar-refractivity contribution in [3.05, 3.63) is 18.5 Å². The molecule has 0 radical (unpaired) electrons. The molecular formula is C12H17N3O. The van der Waals surface area contributed by atoms with Crippen LogP contribution in [0.4, 0.5) is 0 Å². The summed E-state index contributed by atoms with van der Waals surface area (Å²) < 4.78 is 1.75. The summed E-state index contributed by atoms with van der Waals surface area (Å²) in [6.07, 6.45) is 11.8. The number of rotatable bonds is 7. The second kappa shape index (κ2) is 7.52. The predicted octanol–water partition coefficient (Wildman–Crippen LogP) is 1.19. The highest BCUT2D eigenvalue weighted by Gasteiger charge is 2.00. The summed E-state index contributed by atoms with van der Waals surface area (Å²) in [4.78, 5) is 11.4. The van der Waals surface area contributed by atoms with Crippen LogP contribution in [0.1, 0.15) is 25.7 Å². The van der Waals surface area contributed by atoms with Crippen molar-refractivity contribution in [2.45, 2.75) is 32.2 Å². The fraction of sp³-hybridized carbons (Fsp3) is 0.500. The molecule has 0 atom stereocenters. The summed E-state index contributed by atoms with van der Waals surface area (Å²) >= 11 is 0. The van der Waals surface area contributed by atoms with E-state index in [1.165, 1.54) is 0 Å². The van der Waals surface area contributed by atoms with E-state index in [2.05, 4.69) is 16.3 Å². The van der Waals surface area contributed by atoms with Crippen LogP contribution in [0.5, 0.6) is 0 Å². The molecule has 0 aliphatic rings. The Balaban J connectivity index is 2.01. The molecule has 16 heavy (non-hydrogen) atoms. The lowest BCUT2D eigenvalue weighted by molar-refractivity contribution is -0.121. The van der Waals surface area contributed by atoms with E-state index >= 15 is 0 Å². The van der Waals surface area contributed by atoms with E-state index in [9.17, 15) is 4.79 Å². The smallest absolute Gasteiger partial charge is 0.221 e. The number of unbranched alkanes of at least 4 members (excludes halogenated alkanes) is 2. The maximum atomic E-state index is 11.4. The van der Waals surface area contributed by atoms with Crippen molar-refractivity contribution in [3.8, 4) is 12.3 Å². The molecule has 0 spiro atoms. The van der Waals surface area contributed by atoms with Crippen LogP contribution in [0.3, 0.4) is 0 Å². The predicted molar refractivity (Wildman–Crippen MR) is 62.5 cm³/mol. The van der Waals surface area contributed by atoms with Crippen molar-refractivity contribution >= 4 is 5.91 Å². The third-order valence-electron chi connectivity index (χ3n) is 2.20. The Morgan fingerprint density at radius 2 is 2.38 bits per heavy atom. The molecule has 86 valence electrons. The van der Waals surface area contributed by atoms with Gasteiger partial charge >= 0.3 is 0 Å². The van der Waals surface area contributed by atoms with E-state index in [0.29, 0.717) is 19.5 Å². The molecular weight excluding hydrogens is 202 g/mol. The molecule has 0 fully saturated rings. The van der Waals surface area contributed by atoms with Gasteiger partial charge in [-0.05, 0) is 18.9 Å². The number of nitrogens with one attached hydrogen (secondary N) is 1. The van der Waals surface area contributed by atoms with Crippen LogP contribution in [-0.4, -0.2) is 22.2 Å². The zero-order valence-corrected chi connectivity index (χ0v) is 9.35. The lowest BCUT2D eigenvalue weighted by Gasteiger charge is -2.04. The molecule has 0 aliphatic carbocycles. The number of nitrogens with zero attached hydrogens (tertiary/aromatic N) is 2. The average Bonchev–Trinajstić information content (AvgIpc) is 2.79. The van der Waals surface area contributed by atoms with Crippen LogP contribution in [0.25, 0.3) is 0 Å². The molecule has 4 heteroatoms. The Morgan fingerprint density at radius 3 is 3.06 bits per heavy atom. The van der Waals surface area contributed by atoms with E-state index in [4.69, 9.17) is 6.42 Å². The molecule has 0 unspecified atom stereocenters. The van der Waals surface area contributed by atoms with Crippen LogP contribution < -0.4 is 5.32 Å². The van der Waals surface area contributed by atoms with Gasteiger partial charge in [0.15, 0.2) is 0 Å². The van der Waals surface area contributed by atoms with Gasteiger partial charge in [0, 0.05) is 38.3 Å². The molecule has 0 bridgehead atoms. The van der Waals surface area contributed by atoms with Crippen LogP contribution in [0.15, 0.2) is 18.5 Å². The Kier molecular flexibility index (Phi) is 5.79. The lowest BCUT2D eigenvalue weighted by atomic mass is 10.2. The van der Waals surface area contributed by atoms with E-state index < -0.39 is 0 Å². The number of terminal acetylenes is 1. The van der Waals surface area contributed by atoms with E-state index in [1.54, 1.807) is 10.9 Å². The summed E-state index contributed by atoms with van der Waals surface area (Å²) in [6, 6.07) is 1.84. The van der Waals surface area contributed by atoms with Gasteiger partial charge in [0.05, 0.1) is 0 Å². The molecule has 1 heterocycles. The van der Waals surface area contributed by atoms with Crippen molar-refractivity contribution in [1.29, 1.82) is 0 Å². The van der Waals surface area contributed by atoms with E-state index in [-0.39, 0.29) is 5.91 Å². The van der Waals surface area contributed by atoms with Crippen LogP contribution in [0.2, 0.25) is 0 Å². The molecule has 0 aliphatic heterocycles. The molecule has 4 nitrogen and oxygen atoms in total. The number of hydrogen-bond acceptors (Lipinski definition) is 2. The van der Waals surface area contributed by atoms with Crippen molar-refractivity contribution in [1.82, 2.24) is 15.1 Å². The maximum absolute atomic E-state index is 11.4. The summed E-state index contributed by atoms with van der Waals surface area (Å²) in [5.74, 6) is 2.64. The standard InChI is InChI=1S/C12H17N3O/c1-2-3-4-5-8-13-12(16)7-11-15-10-6-9-14-15/h1,6,9-10H,3-5,7-8,11H2,(H,13,16). The summed E-state index contributed by atoms with van der Waals surface area (Å²) in [6.45, 7) is 1.34. The van der Waals surface area contributed by atoms with Gasteiger partial charge in [-0.3, -0.25) is 9.48 Å². The molecule has 0 saturated heterocycles. The van der Waals surface area contributed by atoms with Crippen LogP contribution in [-0.2, 0) is 11.3 Å². The van der Waals surface area contributed by atoms with Gasteiger partial charge in [0.2, 0.25) is 5.91 Å². The first-order valence-electron chi connectivity index (χ1n) is 5.50. The molecule has 1 aromatic heterocycles. The second-order valence-corrected chi connectivity index (χ2v) is 3.53. The van der Waals surface area contributed by atoms with E-state index in [1.807, 2.05) is 12.3 Å². The van der Waals surface area contributed by atoms with Gasteiger partial charge < -0.3 is 5.32 Å². The van der Waals surface area contributed by atoms with Crippen LogP contribution in [0, 0.1) is 12.3 Å². The lowest BCUT2D eigenvalue weighted by Crippen LogP contribution is -2.25. The van der Waals surface area contributed by atoms with Gasteiger partial charge in [0.25, 0.3) is 0 Å². The first kappa shape index (κ1) is 12.3.